The van der Waals surface area contributed by atoms with Crippen LogP contribution in [0.1, 0.15) is 42.9 Å². The lowest BCUT2D eigenvalue weighted by Gasteiger charge is -2.45. The Hall–Kier alpha value is -2.29. The van der Waals surface area contributed by atoms with Crippen molar-refractivity contribution in [2.75, 3.05) is 26.2 Å². The van der Waals surface area contributed by atoms with Crippen molar-refractivity contribution in [3.63, 3.8) is 0 Å². The number of imidazole rings is 1. The first kappa shape index (κ1) is 20.6. The molecule has 166 valence electrons. The van der Waals surface area contributed by atoms with Gasteiger partial charge in [-0.15, -0.1) is 0 Å². The van der Waals surface area contributed by atoms with Gasteiger partial charge in [-0.1, -0.05) is 6.07 Å². The van der Waals surface area contributed by atoms with Crippen molar-refractivity contribution in [1.82, 2.24) is 24.8 Å². The summed E-state index contributed by atoms with van der Waals surface area (Å²) in [6.45, 7) is 6.47. The number of amides is 1. The summed E-state index contributed by atoms with van der Waals surface area (Å²) in [5.74, 6) is 0.893. The van der Waals surface area contributed by atoms with E-state index in [0.717, 1.165) is 69.1 Å². The fraction of sp³-hybridized carbons (Fsp3) is 0.609. The lowest BCUT2D eigenvalue weighted by molar-refractivity contribution is -0.174. The second-order valence-electron chi connectivity index (χ2n) is 8.93. The molecular weight excluding hydrogens is 394 g/mol. The first-order chi connectivity index (χ1) is 15.1. The lowest BCUT2D eigenvalue weighted by atomic mass is 9.88. The van der Waals surface area contributed by atoms with E-state index in [1.54, 1.807) is 0 Å². The summed E-state index contributed by atoms with van der Waals surface area (Å²) in [5.41, 5.74) is 1.62. The molecule has 2 saturated heterocycles. The number of piperidine rings is 1. The van der Waals surface area contributed by atoms with Crippen LogP contribution in [0.2, 0.25) is 0 Å². The van der Waals surface area contributed by atoms with E-state index >= 15 is 0 Å². The highest BCUT2D eigenvalue weighted by Crippen LogP contribution is 2.40. The monoisotopic (exact) mass is 425 g/mol. The fourth-order valence-corrected chi connectivity index (χ4v) is 5.00. The van der Waals surface area contributed by atoms with Gasteiger partial charge in [0.25, 0.3) is 5.91 Å². The molecule has 5 heterocycles. The van der Waals surface area contributed by atoms with E-state index in [-0.39, 0.29) is 12.0 Å². The molecule has 0 unspecified atom stereocenters. The Bertz CT molecular complexity index is 915. The molecule has 8 heteroatoms. The largest absolute Gasteiger partial charge is 0.376 e. The molecule has 31 heavy (non-hydrogen) atoms. The standard InChI is InChI=1S/C23H31N5O3/c1-17-4-2-5-18(26-17)15-27-10-7-23(8-11-27)22-24-9-12-28(22)16-20(31-23)21(29)25-14-19-6-3-13-30-19/h2,4-5,9,12,19-20H,3,6-8,10-11,13-16H2,1H3,(H,25,29)/t19-,20-/m1/s1. The highest BCUT2D eigenvalue weighted by Gasteiger charge is 2.47. The third-order valence-electron chi connectivity index (χ3n) is 6.67. The quantitative estimate of drug-likeness (QED) is 0.786. The molecule has 3 aliphatic heterocycles. The van der Waals surface area contributed by atoms with Gasteiger partial charge in [-0.3, -0.25) is 14.7 Å². The Morgan fingerprint density at radius 3 is 2.97 bits per heavy atom. The molecular formula is C23H31N5O3. The Balaban J connectivity index is 1.24. The van der Waals surface area contributed by atoms with Crippen molar-refractivity contribution in [2.24, 2.45) is 0 Å². The van der Waals surface area contributed by atoms with Gasteiger partial charge in [0.15, 0.2) is 6.10 Å². The minimum Gasteiger partial charge on any atom is -0.376 e. The van der Waals surface area contributed by atoms with Crippen LogP contribution >= 0.6 is 0 Å². The van der Waals surface area contributed by atoms with Gasteiger partial charge in [-0.2, -0.15) is 0 Å². The van der Waals surface area contributed by atoms with Crippen LogP contribution in [-0.2, 0) is 33.0 Å². The zero-order valence-corrected chi connectivity index (χ0v) is 18.1. The molecule has 2 atom stereocenters. The number of pyridine rings is 1. The molecule has 0 aromatic carbocycles. The summed E-state index contributed by atoms with van der Waals surface area (Å²) in [5, 5.41) is 3.04. The predicted molar refractivity (Wildman–Crippen MR) is 114 cm³/mol. The van der Waals surface area contributed by atoms with Crippen molar-refractivity contribution < 1.29 is 14.3 Å². The van der Waals surface area contributed by atoms with Gasteiger partial charge in [0.2, 0.25) is 0 Å². The second kappa shape index (κ2) is 8.68. The first-order valence-electron chi connectivity index (χ1n) is 11.3. The average molecular weight is 426 g/mol. The van der Waals surface area contributed by atoms with Gasteiger partial charge < -0.3 is 19.4 Å². The molecule has 0 bridgehead atoms. The fourth-order valence-electron chi connectivity index (χ4n) is 5.00. The minimum atomic E-state index is -0.510. The number of fused-ring (bicyclic) bond motifs is 2. The number of nitrogens with zero attached hydrogens (tertiary/aromatic N) is 4. The predicted octanol–water partition coefficient (Wildman–Crippen LogP) is 1.77. The van der Waals surface area contributed by atoms with E-state index in [0.29, 0.717) is 13.1 Å². The summed E-state index contributed by atoms with van der Waals surface area (Å²) >= 11 is 0. The third-order valence-corrected chi connectivity index (χ3v) is 6.67. The van der Waals surface area contributed by atoms with Gasteiger partial charge in [0, 0.05) is 50.9 Å². The van der Waals surface area contributed by atoms with E-state index < -0.39 is 11.7 Å². The number of likely N-dealkylation sites (tertiary alicyclic amines) is 1. The maximum Gasteiger partial charge on any atom is 0.251 e. The summed E-state index contributed by atoms with van der Waals surface area (Å²) in [6, 6.07) is 6.16. The van der Waals surface area contributed by atoms with E-state index in [1.165, 1.54) is 0 Å². The Morgan fingerprint density at radius 2 is 2.19 bits per heavy atom. The number of ether oxygens (including phenoxy) is 2. The second-order valence-corrected chi connectivity index (χ2v) is 8.93. The van der Waals surface area contributed by atoms with Crippen LogP contribution in [0.5, 0.6) is 0 Å². The van der Waals surface area contributed by atoms with Crippen molar-refractivity contribution in [3.05, 3.63) is 47.8 Å². The van der Waals surface area contributed by atoms with Gasteiger partial charge in [0.1, 0.15) is 11.4 Å². The molecule has 0 radical (unpaired) electrons. The molecule has 1 spiro atoms. The smallest absolute Gasteiger partial charge is 0.251 e. The lowest BCUT2D eigenvalue weighted by Crippen LogP contribution is -2.54. The van der Waals surface area contributed by atoms with Crippen LogP contribution < -0.4 is 5.32 Å². The zero-order chi connectivity index (χ0) is 21.3. The zero-order valence-electron chi connectivity index (χ0n) is 18.1. The SMILES string of the molecule is Cc1cccc(CN2CCC3(CC2)O[C@@H](C(=O)NC[C@H]2CCCO2)Cn2ccnc23)n1. The highest BCUT2D eigenvalue weighted by atomic mass is 16.5. The number of nitrogens with one attached hydrogen (secondary N) is 1. The molecule has 2 aromatic heterocycles. The minimum absolute atomic E-state index is 0.0550. The number of aromatic nitrogens is 3. The number of rotatable bonds is 5. The van der Waals surface area contributed by atoms with E-state index in [1.807, 2.05) is 25.4 Å². The third kappa shape index (κ3) is 4.37. The maximum absolute atomic E-state index is 12.9. The van der Waals surface area contributed by atoms with Crippen LogP contribution in [0.4, 0.5) is 0 Å². The van der Waals surface area contributed by atoms with E-state index in [4.69, 9.17) is 9.47 Å². The molecule has 8 nitrogen and oxygen atoms in total. The molecule has 0 aliphatic carbocycles. The van der Waals surface area contributed by atoms with Crippen molar-refractivity contribution in [2.45, 2.75) is 63.5 Å². The first-order valence-corrected chi connectivity index (χ1v) is 11.3. The van der Waals surface area contributed by atoms with Gasteiger partial charge in [0.05, 0.1) is 18.3 Å². The normalized spacial score (nSPS) is 25.5. The Morgan fingerprint density at radius 1 is 1.32 bits per heavy atom. The van der Waals surface area contributed by atoms with E-state index in [2.05, 4.69) is 36.9 Å². The van der Waals surface area contributed by atoms with Crippen LogP contribution in [0.3, 0.4) is 0 Å². The molecule has 5 rings (SSSR count). The Labute approximate surface area is 183 Å². The number of hydrogen-bond acceptors (Lipinski definition) is 6. The topological polar surface area (TPSA) is 81.5 Å². The summed E-state index contributed by atoms with van der Waals surface area (Å²) in [6.07, 6.45) is 7.09. The van der Waals surface area contributed by atoms with Crippen LogP contribution in [0, 0.1) is 6.92 Å². The summed E-state index contributed by atoms with van der Waals surface area (Å²) < 4.78 is 14.2. The van der Waals surface area contributed by atoms with E-state index in [9.17, 15) is 4.79 Å². The Kier molecular flexibility index (Phi) is 5.77. The van der Waals surface area contributed by atoms with Crippen LogP contribution in [0.15, 0.2) is 30.6 Å². The number of aryl methyl sites for hydroxylation is 1. The van der Waals surface area contributed by atoms with Gasteiger partial charge in [-0.05, 0) is 44.7 Å². The molecule has 2 fully saturated rings. The van der Waals surface area contributed by atoms with Gasteiger partial charge in [-0.25, -0.2) is 4.98 Å². The highest BCUT2D eigenvalue weighted by molar-refractivity contribution is 5.81. The summed E-state index contributed by atoms with van der Waals surface area (Å²) in [7, 11) is 0. The van der Waals surface area contributed by atoms with Crippen LogP contribution in [0.25, 0.3) is 0 Å². The van der Waals surface area contributed by atoms with Crippen molar-refractivity contribution in [3.8, 4) is 0 Å². The molecule has 1 amide bonds. The molecule has 1 N–H and O–H groups in total. The molecule has 2 aromatic rings. The number of hydrogen-bond donors (Lipinski definition) is 1. The maximum atomic E-state index is 12.9. The number of carbonyl (C=O) groups excluding carboxylic acids is 1. The van der Waals surface area contributed by atoms with Crippen molar-refractivity contribution >= 4 is 5.91 Å². The van der Waals surface area contributed by atoms with Crippen LogP contribution in [-0.4, -0.2) is 63.8 Å². The van der Waals surface area contributed by atoms with Crippen molar-refractivity contribution in [1.29, 1.82) is 0 Å². The molecule has 3 aliphatic rings. The number of carbonyl (C=O) groups is 1. The van der Waals surface area contributed by atoms with Gasteiger partial charge >= 0.3 is 0 Å². The molecule has 0 saturated carbocycles. The summed E-state index contributed by atoms with van der Waals surface area (Å²) in [4.78, 5) is 24.6. The average Bonchev–Trinajstić information content (AvgIpc) is 3.46.